The molecule has 1 aliphatic heterocycles. The fraction of sp³-hybridized carbons (Fsp3) is 0.148. The topological polar surface area (TPSA) is 83.0 Å². The maximum Gasteiger partial charge on any atom is 0.301 e. The van der Waals surface area contributed by atoms with Crippen molar-refractivity contribution in [2.45, 2.75) is 6.04 Å². The van der Waals surface area contributed by atoms with Gasteiger partial charge in [0.2, 0.25) is 0 Å². The Bertz CT molecular complexity index is 1490. The molecule has 4 aromatic rings. The molecular formula is C27H22BrN3O4S. The molecule has 9 heteroatoms. The summed E-state index contributed by atoms with van der Waals surface area (Å²) in [4.78, 5) is 34.8. The summed E-state index contributed by atoms with van der Waals surface area (Å²) in [5.41, 5.74) is 2.79. The van der Waals surface area contributed by atoms with Gasteiger partial charge in [-0.05, 0) is 64.0 Å². The van der Waals surface area contributed by atoms with E-state index in [-0.39, 0.29) is 11.3 Å². The summed E-state index contributed by atoms with van der Waals surface area (Å²) >= 11 is 4.76. The summed E-state index contributed by atoms with van der Waals surface area (Å²) in [7, 11) is 5.41. The molecule has 1 amide bonds. The van der Waals surface area contributed by atoms with Crippen molar-refractivity contribution in [3.63, 3.8) is 0 Å². The van der Waals surface area contributed by atoms with Gasteiger partial charge in [0, 0.05) is 25.3 Å². The third-order valence-electron chi connectivity index (χ3n) is 6.08. The molecule has 0 spiro atoms. The van der Waals surface area contributed by atoms with Crippen LogP contribution in [0.5, 0.6) is 5.75 Å². The molecule has 1 saturated heterocycles. The first-order valence-corrected chi connectivity index (χ1v) is 12.7. The van der Waals surface area contributed by atoms with E-state index in [1.807, 2.05) is 67.5 Å². The van der Waals surface area contributed by atoms with E-state index < -0.39 is 17.7 Å². The number of halogens is 1. The van der Waals surface area contributed by atoms with Crippen molar-refractivity contribution < 1.29 is 19.4 Å². The van der Waals surface area contributed by atoms with Crippen LogP contribution in [-0.4, -0.2) is 43.0 Å². The Labute approximate surface area is 220 Å². The zero-order chi connectivity index (χ0) is 25.6. The zero-order valence-corrected chi connectivity index (χ0v) is 22.1. The van der Waals surface area contributed by atoms with Gasteiger partial charge in [-0.1, -0.05) is 35.6 Å². The summed E-state index contributed by atoms with van der Waals surface area (Å²) in [6, 6.07) is 19.3. The smallest absolute Gasteiger partial charge is 0.301 e. The summed E-state index contributed by atoms with van der Waals surface area (Å²) < 4.78 is 6.79. The van der Waals surface area contributed by atoms with E-state index in [1.165, 1.54) is 16.2 Å². The number of aliphatic hydroxyl groups is 1. The minimum Gasteiger partial charge on any atom is -0.507 e. The van der Waals surface area contributed by atoms with Crippen LogP contribution in [0.4, 0.5) is 10.8 Å². The molecule has 1 fully saturated rings. The van der Waals surface area contributed by atoms with E-state index in [4.69, 9.17) is 4.74 Å². The normalized spacial score (nSPS) is 17.1. The van der Waals surface area contributed by atoms with Crippen molar-refractivity contribution in [2.75, 3.05) is 31.0 Å². The number of carbonyl (C=O) groups excluding carboxylic acids is 2. The number of benzene rings is 3. The fourth-order valence-electron chi connectivity index (χ4n) is 4.23. The molecule has 1 unspecified atom stereocenters. The highest BCUT2D eigenvalue weighted by atomic mass is 79.9. The number of nitrogens with zero attached hydrogens (tertiary/aromatic N) is 3. The zero-order valence-electron chi connectivity index (χ0n) is 19.7. The van der Waals surface area contributed by atoms with Crippen LogP contribution in [-0.2, 0) is 9.59 Å². The van der Waals surface area contributed by atoms with Crippen LogP contribution in [0.15, 0.2) is 76.8 Å². The van der Waals surface area contributed by atoms with Crippen LogP contribution in [0.3, 0.4) is 0 Å². The predicted molar refractivity (Wildman–Crippen MR) is 146 cm³/mol. The maximum absolute atomic E-state index is 13.4. The Morgan fingerprint density at radius 2 is 1.81 bits per heavy atom. The third kappa shape index (κ3) is 4.04. The number of Topliss-reactive ketones (excluding diaryl/α,β-unsaturated/α-hetero) is 1. The molecule has 1 N–H and O–H groups in total. The molecule has 3 aromatic carbocycles. The molecular weight excluding hydrogens is 542 g/mol. The Kier molecular flexibility index (Phi) is 6.27. The van der Waals surface area contributed by atoms with Crippen LogP contribution in [0.2, 0.25) is 0 Å². The second-order valence-corrected chi connectivity index (χ2v) is 10.3. The molecule has 5 rings (SSSR count). The lowest BCUT2D eigenvalue weighted by Crippen LogP contribution is -2.29. The van der Waals surface area contributed by atoms with Gasteiger partial charge in [0.05, 0.1) is 33.4 Å². The minimum absolute atomic E-state index is 0.00826. The molecule has 0 radical (unpaired) electrons. The molecule has 1 aromatic heterocycles. The number of fused-ring (bicyclic) bond motifs is 1. The van der Waals surface area contributed by atoms with Gasteiger partial charge in [-0.2, -0.15) is 0 Å². The highest BCUT2D eigenvalue weighted by molar-refractivity contribution is 9.10. The molecule has 182 valence electrons. The number of rotatable bonds is 5. The lowest BCUT2D eigenvalue weighted by molar-refractivity contribution is -0.132. The largest absolute Gasteiger partial charge is 0.507 e. The van der Waals surface area contributed by atoms with Gasteiger partial charge in [-0.3, -0.25) is 14.5 Å². The summed E-state index contributed by atoms with van der Waals surface area (Å²) in [5.74, 6) is -1.18. The average Bonchev–Trinajstić information content (AvgIpc) is 3.42. The maximum atomic E-state index is 13.4. The highest BCUT2D eigenvalue weighted by Crippen LogP contribution is 2.45. The number of hydrogen-bond acceptors (Lipinski definition) is 7. The van der Waals surface area contributed by atoms with Gasteiger partial charge in [-0.25, -0.2) is 4.98 Å². The molecule has 0 saturated carbocycles. The van der Waals surface area contributed by atoms with E-state index >= 15 is 0 Å². The predicted octanol–water partition coefficient (Wildman–Crippen LogP) is 5.76. The Hall–Kier alpha value is -3.69. The van der Waals surface area contributed by atoms with E-state index in [1.54, 1.807) is 25.3 Å². The molecule has 0 aliphatic carbocycles. The Morgan fingerprint density at radius 1 is 1.08 bits per heavy atom. The number of amides is 1. The van der Waals surface area contributed by atoms with Crippen molar-refractivity contribution in [1.29, 1.82) is 0 Å². The first-order valence-electron chi connectivity index (χ1n) is 11.1. The van der Waals surface area contributed by atoms with Gasteiger partial charge < -0.3 is 14.7 Å². The summed E-state index contributed by atoms with van der Waals surface area (Å²) in [5, 5.41) is 11.8. The summed E-state index contributed by atoms with van der Waals surface area (Å²) in [6.45, 7) is 0. The number of methoxy groups -OCH3 is 1. The fourth-order valence-corrected chi connectivity index (χ4v) is 5.77. The third-order valence-corrected chi connectivity index (χ3v) is 7.74. The second-order valence-electron chi connectivity index (χ2n) is 8.47. The van der Waals surface area contributed by atoms with Crippen LogP contribution >= 0.6 is 27.3 Å². The van der Waals surface area contributed by atoms with E-state index in [9.17, 15) is 14.7 Å². The number of anilines is 2. The number of aromatic nitrogens is 1. The highest BCUT2D eigenvalue weighted by Gasteiger charge is 2.48. The average molecular weight is 564 g/mol. The number of thiazole rings is 1. The van der Waals surface area contributed by atoms with Crippen molar-refractivity contribution >= 4 is 65.8 Å². The molecule has 7 nitrogen and oxygen atoms in total. The van der Waals surface area contributed by atoms with Gasteiger partial charge >= 0.3 is 5.91 Å². The van der Waals surface area contributed by atoms with E-state index in [2.05, 4.69) is 20.9 Å². The van der Waals surface area contributed by atoms with Crippen molar-refractivity contribution in [3.8, 4) is 5.75 Å². The van der Waals surface area contributed by atoms with Crippen molar-refractivity contribution in [3.05, 3.63) is 87.9 Å². The van der Waals surface area contributed by atoms with Gasteiger partial charge in [0.1, 0.15) is 11.5 Å². The number of hydrogen-bond donors (Lipinski definition) is 1. The SMILES string of the molecule is COc1ccc(/C(O)=C2\C(=O)C(=O)N(c3nc4ccccc4s3)C2c2ccc(N(C)C)cc2)cc1Br. The quantitative estimate of drug-likeness (QED) is 0.189. The number of para-hydroxylation sites is 1. The van der Waals surface area contributed by atoms with Crippen LogP contribution in [0.1, 0.15) is 17.2 Å². The monoisotopic (exact) mass is 563 g/mol. The van der Waals surface area contributed by atoms with Crippen molar-refractivity contribution in [1.82, 2.24) is 4.98 Å². The number of carbonyl (C=O) groups is 2. The first-order chi connectivity index (χ1) is 17.3. The van der Waals surface area contributed by atoms with Gasteiger partial charge in [0.25, 0.3) is 5.78 Å². The Morgan fingerprint density at radius 3 is 2.44 bits per heavy atom. The van der Waals surface area contributed by atoms with Crippen LogP contribution in [0.25, 0.3) is 16.0 Å². The van der Waals surface area contributed by atoms with Gasteiger partial charge in [-0.15, -0.1) is 0 Å². The number of aliphatic hydroxyl groups excluding tert-OH is 1. The standard InChI is InChI=1S/C27H22BrN3O4S/c1-30(2)17-11-8-15(9-12-17)23-22(24(32)16-10-13-20(35-3)18(28)14-16)25(33)26(34)31(23)27-29-19-6-4-5-7-21(19)36-27/h4-14,23,32H,1-3H3/b24-22+. The molecule has 2 heterocycles. The first kappa shape index (κ1) is 24.0. The summed E-state index contributed by atoms with van der Waals surface area (Å²) in [6.07, 6.45) is 0. The van der Waals surface area contributed by atoms with E-state index in [0.29, 0.717) is 26.5 Å². The minimum atomic E-state index is -0.845. The molecule has 1 aliphatic rings. The molecule has 36 heavy (non-hydrogen) atoms. The molecule has 1 atom stereocenters. The van der Waals surface area contributed by atoms with Crippen LogP contribution in [0, 0.1) is 0 Å². The van der Waals surface area contributed by atoms with E-state index in [0.717, 1.165) is 15.9 Å². The number of ether oxygens (including phenoxy) is 1. The van der Waals surface area contributed by atoms with Crippen LogP contribution < -0.4 is 14.5 Å². The number of ketones is 1. The lowest BCUT2D eigenvalue weighted by atomic mass is 9.95. The Balaban J connectivity index is 1.71. The van der Waals surface area contributed by atoms with Crippen molar-refractivity contribution in [2.24, 2.45) is 0 Å². The molecule has 0 bridgehead atoms. The lowest BCUT2D eigenvalue weighted by Gasteiger charge is -2.23. The second kappa shape index (κ2) is 9.40. The van der Waals surface area contributed by atoms with Gasteiger partial charge in [0.15, 0.2) is 5.13 Å².